The highest BCUT2D eigenvalue weighted by atomic mass is 32.2. The Balaban J connectivity index is 2.54. The van der Waals surface area contributed by atoms with Crippen LogP contribution in [0.15, 0.2) is 34.2 Å². The van der Waals surface area contributed by atoms with Crippen molar-refractivity contribution in [2.45, 2.75) is 23.0 Å². The van der Waals surface area contributed by atoms with Crippen molar-refractivity contribution in [1.29, 1.82) is 0 Å². The first-order chi connectivity index (χ1) is 8.99. The third-order valence-corrected chi connectivity index (χ3v) is 3.52. The third kappa shape index (κ3) is 6.10. The maximum atomic E-state index is 13.0. The monoisotopic (exact) mass is 285 g/mol. The Bertz CT molecular complexity index is 464. The number of aliphatic imine (C=N–C) groups is 1. The van der Waals surface area contributed by atoms with Crippen LogP contribution in [0.2, 0.25) is 0 Å². The summed E-state index contributed by atoms with van der Waals surface area (Å²) < 4.78 is 13.0. The predicted molar refractivity (Wildman–Crippen MR) is 73.6 cm³/mol. The number of carboxylic acids is 1. The number of hydrogen-bond acceptors (Lipinski definition) is 3. The molecule has 0 heterocycles. The number of carbonyl (C=O) groups is 1. The normalized spacial score (nSPS) is 11.8. The number of rotatable bonds is 7. The van der Waals surface area contributed by atoms with Gasteiger partial charge in [-0.1, -0.05) is 6.07 Å². The van der Waals surface area contributed by atoms with Gasteiger partial charge in [0.1, 0.15) is 11.1 Å². The van der Waals surface area contributed by atoms with Crippen LogP contribution in [-0.4, -0.2) is 28.8 Å². The largest absolute Gasteiger partial charge is 0.480 e. The first-order valence-corrected chi connectivity index (χ1v) is 6.57. The van der Waals surface area contributed by atoms with Crippen molar-refractivity contribution < 1.29 is 14.3 Å². The van der Waals surface area contributed by atoms with Gasteiger partial charge in [0, 0.05) is 11.4 Å². The van der Waals surface area contributed by atoms with Gasteiger partial charge in [-0.05, 0) is 31.0 Å². The summed E-state index contributed by atoms with van der Waals surface area (Å²) in [5.74, 6) is -1.32. The molecule has 0 aliphatic carbocycles. The van der Waals surface area contributed by atoms with Gasteiger partial charge >= 0.3 is 5.97 Å². The van der Waals surface area contributed by atoms with Crippen molar-refractivity contribution >= 4 is 23.7 Å². The summed E-state index contributed by atoms with van der Waals surface area (Å²) >= 11 is 1.12. The van der Waals surface area contributed by atoms with Crippen LogP contribution in [0.5, 0.6) is 0 Å². The second-order valence-electron chi connectivity index (χ2n) is 3.85. The van der Waals surface area contributed by atoms with Gasteiger partial charge in [0.15, 0.2) is 5.96 Å². The fourth-order valence-electron chi connectivity index (χ4n) is 1.42. The van der Waals surface area contributed by atoms with E-state index in [1.54, 1.807) is 12.1 Å². The molecule has 104 valence electrons. The minimum atomic E-state index is -0.932. The zero-order chi connectivity index (χ0) is 14.3. The van der Waals surface area contributed by atoms with Crippen molar-refractivity contribution in [3.05, 3.63) is 30.1 Å². The maximum absolute atomic E-state index is 13.0. The Morgan fingerprint density at radius 1 is 1.47 bits per heavy atom. The molecule has 0 saturated heterocycles. The molecule has 5 nitrogen and oxygen atoms in total. The van der Waals surface area contributed by atoms with Crippen molar-refractivity contribution in [3.8, 4) is 0 Å². The van der Waals surface area contributed by atoms with Crippen molar-refractivity contribution in [2.24, 2.45) is 16.5 Å². The zero-order valence-electron chi connectivity index (χ0n) is 10.3. The van der Waals surface area contributed by atoms with E-state index in [0.717, 1.165) is 11.8 Å². The molecule has 0 amide bonds. The van der Waals surface area contributed by atoms with E-state index in [0.29, 0.717) is 24.3 Å². The molecule has 1 atom stereocenters. The summed E-state index contributed by atoms with van der Waals surface area (Å²) in [5.41, 5.74) is 10.3. The standard InChI is InChI=1S/C12H16FN3O2S/c13-8-3-1-4-9(7-8)19-10(11(17)18)5-2-6-16-12(14)15/h1,3-4,7,10H,2,5-6H2,(H,17,18)(H4,14,15,16). The van der Waals surface area contributed by atoms with E-state index in [2.05, 4.69) is 4.99 Å². The Labute approximate surface area is 114 Å². The predicted octanol–water partition coefficient (Wildman–Crippen LogP) is 1.42. The van der Waals surface area contributed by atoms with Crippen LogP contribution >= 0.6 is 11.8 Å². The topological polar surface area (TPSA) is 102 Å². The molecule has 19 heavy (non-hydrogen) atoms. The quantitative estimate of drug-likeness (QED) is 0.304. The summed E-state index contributed by atoms with van der Waals surface area (Å²) in [6.07, 6.45) is 0.963. The highest BCUT2D eigenvalue weighted by Crippen LogP contribution is 2.27. The highest BCUT2D eigenvalue weighted by Gasteiger charge is 2.18. The molecular formula is C12H16FN3O2S. The number of hydrogen-bond donors (Lipinski definition) is 3. The molecule has 0 fully saturated rings. The molecule has 1 aromatic rings. The molecule has 1 unspecified atom stereocenters. The van der Waals surface area contributed by atoms with Crippen LogP contribution in [0.1, 0.15) is 12.8 Å². The molecule has 0 saturated carbocycles. The first kappa shape index (κ1) is 15.3. The fourth-order valence-corrected chi connectivity index (χ4v) is 2.47. The van der Waals surface area contributed by atoms with Crippen molar-refractivity contribution in [1.82, 2.24) is 0 Å². The third-order valence-electron chi connectivity index (χ3n) is 2.27. The van der Waals surface area contributed by atoms with Gasteiger partial charge in [0.25, 0.3) is 0 Å². The van der Waals surface area contributed by atoms with E-state index < -0.39 is 11.2 Å². The number of carboxylic acid groups (broad SMARTS) is 1. The molecule has 0 radical (unpaired) electrons. The summed E-state index contributed by atoms with van der Waals surface area (Å²) in [4.78, 5) is 15.5. The maximum Gasteiger partial charge on any atom is 0.316 e. The smallest absolute Gasteiger partial charge is 0.316 e. The zero-order valence-corrected chi connectivity index (χ0v) is 11.1. The Hall–Kier alpha value is -1.76. The molecule has 0 aliphatic heterocycles. The van der Waals surface area contributed by atoms with Gasteiger partial charge in [-0.15, -0.1) is 11.8 Å². The molecule has 5 N–H and O–H groups in total. The van der Waals surface area contributed by atoms with Gasteiger partial charge < -0.3 is 16.6 Å². The average molecular weight is 285 g/mol. The van der Waals surface area contributed by atoms with Crippen molar-refractivity contribution in [2.75, 3.05) is 6.54 Å². The highest BCUT2D eigenvalue weighted by molar-refractivity contribution is 8.00. The number of guanidine groups is 1. The molecule has 1 aromatic carbocycles. The minimum absolute atomic E-state index is 0.00958. The molecule has 0 spiro atoms. The summed E-state index contributed by atoms with van der Waals surface area (Å²) in [6, 6.07) is 5.87. The molecule has 0 aromatic heterocycles. The van der Waals surface area contributed by atoms with E-state index in [4.69, 9.17) is 16.6 Å². The van der Waals surface area contributed by atoms with E-state index in [1.807, 2.05) is 0 Å². The molecule has 0 aliphatic rings. The van der Waals surface area contributed by atoms with Crippen molar-refractivity contribution in [3.63, 3.8) is 0 Å². The molecule has 0 bridgehead atoms. The average Bonchev–Trinajstić information content (AvgIpc) is 2.32. The number of nitrogens with zero attached hydrogens (tertiary/aromatic N) is 1. The van der Waals surface area contributed by atoms with Gasteiger partial charge in [-0.25, -0.2) is 4.39 Å². The van der Waals surface area contributed by atoms with Crippen LogP contribution < -0.4 is 11.5 Å². The number of benzene rings is 1. The fraction of sp³-hybridized carbons (Fsp3) is 0.333. The number of thioether (sulfide) groups is 1. The summed E-state index contributed by atoms with van der Waals surface area (Å²) in [7, 11) is 0. The van der Waals surface area contributed by atoms with E-state index in [-0.39, 0.29) is 11.8 Å². The molecule has 7 heteroatoms. The Kier molecular flexibility index (Phi) is 6.14. The van der Waals surface area contributed by atoms with E-state index >= 15 is 0 Å². The van der Waals surface area contributed by atoms with Gasteiger partial charge in [0.05, 0.1) is 0 Å². The summed E-state index contributed by atoms with van der Waals surface area (Å²) in [5, 5.41) is 8.47. The number of aliphatic carboxylic acids is 1. The lowest BCUT2D eigenvalue weighted by Gasteiger charge is -2.11. The van der Waals surface area contributed by atoms with Gasteiger partial charge in [-0.3, -0.25) is 9.79 Å². The van der Waals surface area contributed by atoms with Crippen LogP contribution in [-0.2, 0) is 4.79 Å². The first-order valence-electron chi connectivity index (χ1n) is 5.69. The Morgan fingerprint density at radius 2 is 2.21 bits per heavy atom. The van der Waals surface area contributed by atoms with Gasteiger partial charge in [-0.2, -0.15) is 0 Å². The van der Waals surface area contributed by atoms with Crippen LogP contribution in [0.25, 0.3) is 0 Å². The molecular weight excluding hydrogens is 269 g/mol. The second kappa shape index (κ2) is 7.63. The second-order valence-corrected chi connectivity index (χ2v) is 5.13. The lowest BCUT2D eigenvalue weighted by Crippen LogP contribution is -2.23. The van der Waals surface area contributed by atoms with E-state index in [9.17, 15) is 9.18 Å². The number of nitrogens with two attached hydrogens (primary N) is 2. The van der Waals surface area contributed by atoms with Crippen LogP contribution in [0.3, 0.4) is 0 Å². The van der Waals surface area contributed by atoms with E-state index in [1.165, 1.54) is 12.1 Å². The number of halogens is 1. The van der Waals surface area contributed by atoms with Gasteiger partial charge in [0.2, 0.25) is 0 Å². The lowest BCUT2D eigenvalue weighted by molar-refractivity contribution is -0.136. The molecule has 1 rings (SSSR count). The van der Waals surface area contributed by atoms with Crippen LogP contribution in [0.4, 0.5) is 4.39 Å². The lowest BCUT2D eigenvalue weighted by atomic mass is 10.2. The summed E-state index contributed by atoms with van der Waals surface area (Å²) in [6.45, 7) is 0.385. The minimum Gasteiger partial charge on any atom is -0.480 e. The Morgan fingerprint density at radius 3 is 2.79 bits per heavy atom. The SMILES string of the molecule is NC(N)=NCCCC(Sc1cccc(F)c1)C(=O)O. The van der Waals surface area contributed by atoms with Crippen LogP contribution in [0, 0.1) is 5.82 Å².